The first kappa shape index (κ1) is 31.7. The number of aromatic nitrogens is 5. The standard InChI is InChI=1S/C34H41F3N8O/c1-20-10-24(12-27(11-20)34(35,36)37)18-44(32-39-14-26(15-40-32)29(38)46)19-25-13-28-21(2)42-45(33(3,4)5)31(28)41-30(25)43(16-22-6-7-22)17-23-8-9-23/h10-15,22-23H,6-9,16-19H2,1-5H3,(H2,38,46). The van der Waals surface area contributed by atoms with Crippen molar-refractivity contribution in [3.8, 4) is 0 Å². The van der Waals surface area contributed by atoms with Gasteiger partial charge in [0.2, 0.25) is 5.95 Å². The maximum Gasteiger partial charge on any atom is 0.416 e. The first-order valence-electron chi connectivity index (χ1n) is 15.8. The molecule has 0 saturated heterocycles. The van der Waals surface area contributed by atoms with Crippen molar-refractivity contribution in [3.05, 3.63) is 70.2 Å². The number of nitrogens with two attached hydrogens (primary N) is 1. The SMILES string of the molecule is Cc1cc(CN(Cc2cc3c(C)nn(C(C)(C)C)c3nc2N(CC2CC2)CC2CC2)c2ncc(C(N)=O)cn2)cc(C(F)(F)F)c1. The van der Waals surface area contributed by atoms with E-state index in [1.165, 1.54) is 44.1 Å². The van der Waals surface area contributed by atoms with E-state index in [2.05, 4.69) is 41.7 Å². The van der Waals surface area contributed by atoms with Gasteiger partial charge in [-0.3, -0.25) is 4.79 Å². The van der Waals surface area contributed by atoms with E-state index in [-0.39, 0.29) is 30.1 Å². The average molecular weight is 635 g/mol. The number of hydrogen-bond acceptors (Lipinski definition) is 7. The molecule has 0 radical (unpaired) electrons. The summed E-state index contributed by atoms with van der Waals surface area (Å²) < 4.78 is 43.4. The Hall–Kier alpha value is -4.22. The lowest BCUT2D eigenvalue weighted by Crippen LogP contribution is -2.32. The molecule has 9 nitrogen and oxygen atoms in total. The van der Waals surface area contributed by atoms with Crippen LogP contribution in [0, 0.1) is 25.7 Å². The van der Waals surface area contributed by atoms with Gasteiger partial charge in [0.05, 0.1) is 22.4 Å². The van der Waals surface area contributed by atoms with Gasteiger partial charge in [-0.15, -0.1) is 0 Å². The highest BCUT2D eigenvalue weighted by Crippen LogP contribution is 2.38. The Labute approximate surface area is 267 Å². The van der Waals surface area contributed by atoms with Crippen molar-refractivity contribution >= 4 is 28.7 Å². The summed E-state index contributed by atoms with van der Waals surface area (Å²) in [5, 5.41) is 5.79. The van der Waals surface area contributed by atoms with Gasteiger partial charge in [-0.05, 0) is 95.9 Å². The topological polar surface area (TPSA) is 106 Å². The van der Waals surface area contributed by atoms with Gasteiger partial charge in [0.15, 0.2) is 5.65 Å². The van der Waals surface area contributed by atoms with Crippen molar-refractivity contribution < 1.29 is 18.0 Å². The largest absolute Gasteiger partial charge is 0.416 e. The van der Waals surface area contributed by atoms with Crippen molar-refractivity contribution in [1.29, 1.82) is 0 Å². The molecule has 4 aromatic rings. The molecule has 2 N–H and O–H groups in total. The fraction of sp³-hybridized carbons (Fsp3) is 0.500. The van der Waals surface area contributed by atoms with E-state index in [0.717, 1.165) is 47.3 Å². The van der Waals surface area contributed by atoms with E-state index < -0.39 is 17.6 Å². The van der Waals surface area contributed by atoms with E-state index in [1.807, 2.05) is 16.5 Å². The Morgan fingerprint density at radius 1 is 0.935 bits per heavy atom. The number of nitrogens with zero attached hydrogens (tertiary/aromatic N) is 7. The summed E-state index contributed by atoms with van der Waals surface area (Å²) in [5.41, 5.74) is 8.13. The van der Waals surface area contributed by atoms with Gasteiger partial charge in [-0.25, -0.2) is 19.6 Å². The van der Waals surface area contributed by atoms with Crippen molar-refractivity contribution in [2.75, 3.05) is 22.9 Å². The summed E-state index contributed by atoms with van der Waals surface area (Å²) in [5.74, 6) is 1.70. The molecule has 6 rings (SSSR count). The molecule has 2 aliphatic carbocycles. The maximum atomic E-state index is 13.8. The summed E-state index contributed by atoms with van der Waals surface area (Å²) >= 11 is 0. The number of pyridine rings is 1. The number of carbonyl (C=O) groups excluding carboxylic acids is 1. The molecule has 3 aromatic heterocycles. The number of primary amides is 1. The van der Waals surface area contributed by atoms with Crippen LogP contribution in [0.4, 0.5) is 24.9 Å². The second-order valence-corrected chi connectivity index (χ2v) is 14.0. The van der Waals surface area contributed by atoms with E-state index in [0.29, 0.717) is 23.0 Å². The van der Waals surface area contributed by atoms with Gasteiger partial charge >= 0.3 is 6.18 Å². The number of fused-ring (bicyclic) bond motifs is 1. The predicted molar refractivity (Wildman–Crippen MR) is 172 cm³/mol. The lowest BCUT2D eigenvalue weighted by atomic mass is 10.1. The molecule has 0 unspecified atom stereocenters. The van der Waals surface area contributed by atoms with Crippen LogP contribution in [0.5, 0.6) is 0 Å². The Morgan fingerprint density at radius 2 is 1.57 bits per heavy atom. The molecular weight excluding hydrogens is 593 g/mol. The summed E-state index contributed by atoms with van der Waals surface area (Å²) in [6, 6.07) is 6.18. The number of anilines is 2. The molecule has 2 fully saturated rings. The van der Waals surface area contributed by atoms with Crippen LogP contribution in [-0.4, -0.2) is 43.7 Å². The summed E-state index contributed by atoms with van der Waals surface area (Å²) in [7, 11) is 0. The number of carbonyl (C=O) groups is 1. The Morgan fingerprint density at radius 3 is 2.11 bits per heavy atom. The van der Waals surface area contributed by atoms with Gasteiger partial charge in [0.25, 0.3) is 5.91 Å². The Balaban J connectivity index is 1.48. The molecule has 0 aliphatic heterocycles. The third kappa shape index (κ3) is 7.10. The molecule has 2 aliphatic rings. The van der Waals surface area contributed by atoms with Crippen molar-refractivity contribution in [2.24, 2.45) is 17.6 Å². The number of hydrogen-bond donors (Lipinski definition) is 1. The zero-order valence-electron chi connectivity index (χ0n) is 27.0. The molecule has 2 saturated carbocycles. The van der Waals surface area contributed by atoms with Crippen molar-refractivity contribution in [1.82, 2.24) is 24.7 Å². The molecular formula is C34H41F3N8O. The van der Waals surface area contributed by atoms with Crippen LogP contribution in [0.25, 0.3) is 11.0 Å². The molecule has 1 aromatic carbocycles. The monoisotopic (exact) mass is 634 g/mol. The minimum absolute atomic E-state index is 0.101. The van der Waals surface area contributed by atoms with E-state index >= 15 is 0 Å². The number of halogens is 3. The van der Waals surface area contributed by atoms with Crippen LogP contribution in [0.1, 0.15) is 84.8 Å². The van der Waals surface area contributed by atoms with Gasteiger partial charge in [-0.1, -0.05) is 11.6 Å². The third-order valence-corrected chi connectivity index (χ3v) is 8.59. The molecule has 0 bridgehead atoms. The van der Waals surface area contributed by atoms with Crippen LogP contribution in [0.3, 0.4) is 0 Å². The lowest BCUT2D eigenvalue weighted by molar-refractivity contribution is -0.137. The van der Waals surface area contributed by atoms with Gasteiger partial charge in [0, 0.05) is 49.5 Å². The number of alkyl halides is 3. The zero-order valence-corrected chi connectivity index (χ0v) is 27.0. The molecule has 12 heteroatoms. The molecule has 3 heterocycles. The molecule has 1 amide bonds. The highest BCUT2D eigenvalue weighted by atomic mass is 19.4. The number of benzene rings is 1. The van der Waals surface area contributed by atoms with Gasteiger partial charge < -0.3 is 15.5 Å². The van der Waals surface area contributed by atoms with Crippen LogP contribution < -0.4 is 15.5 Å². The summed E-state index contributed by atoms with van der Waals surface area (Å²) in [6.45, 7) is 12.1. The third-order valence-electron chi connectivity index (χ3n) is 8.59. The summed E-state index contributed by atoms with van der Waals surface area (Å²) in [4.78, 5) is 30.2. The fourth-order valence-electron chi connectivity index (χ4n) is 5.90. The highest BCUT2D eigenvalue weighted by Gasteiger charge is 2.33. The predicted octanol–water partition coefficient (Wildman–Crippen LogP) is 6.54. The van der Waals surface area contributed by atoms with E-state index in [9.17, 15) is 18.0 Å². The first-order valence-corrected chi connectivity index (χ1v) is 15.8. The molecule has 244 valence electrons. The Kier molecular flexibility index (Phi) is 8.18. The molecule has 0 atom stereocenters. The van der Waals surface area contributed by atoms with E-state index in [4.69, 9.17) is 15.8 Å². The molecule has 46 heavy (non-hydrogen) atoms. The van der Waals surface area contributed by atoms with Gasteiger partial charge in [0.1, 0.15) is 5.82 Å². The Bertz CT molecular complexity index is 1740. The van der Waals surface area contributed by atoms with E-state index in [1.54, 1.807) is 13.0 Å². The number of rotatable bonds is 11. The highest BCUT2D eigenvalue weighted by molar-refractivity contribution is 5.92. The van der Waals surface area contributed by atoms with Crippen LogP contribution in [0.15, 0.2) is 36.7 Å². The molecule has 0 spiro atoms. The average Bonchev–Trinajstić information content (AvgIpc) is 3.91. The van der Waals surface area contributed by atoms with Crippen LogP contribution in [0.2, 0.25) is 0 Å². The smallest absolute Gasteiger partial charge is 0.366 e. The maximum absolute atomic E-state index is 13.8. The zero-order chi connectivity index (χ0) is 33.0. The number of aryl methyl sites for hydroxylation is 2. The lowest BCUT2D eigenvalue weighted by Gasteiger charge is -2.30. The minimum Gasteiger partial charge on any atom is -0.366 e. The normalized spacial score (nSPS) is 15.4. The summed E-state index contributed by atoms with van der Waals surface area (Å²) in [6.07, 6.45) is 2.99. The second kappa shape index (κ2) is 11.9. The second-order valence-electron chi connectivity index (χ2n) is 14.0. The van der Waals surface area contributed by atoms with Gasteiger partial charge in [-0.2, -0.15) is 18.3 Å². The van der Waals surface area contributed by atoms with Crippen molar-refractivity contribution in [2.45, 2.75) is 85.1 Å². The van der Waals surface area contributed by atoms with Crippen LogP contribution in [-0.2, 0) is 24.8 Å². The quantitative estimate of drug-likeness (QED) is 0.200. The van der Waals surface area contributed by atoms with Crippen LogP contribution >= 0.6 is 0 Å². The fourth-order valence-corrected chi connectivity index (χ4v) is 5.90. The first-order chi connectivity index (χ1) is 21.7. The number of amides is 1. The van der Waals surface area contributed by atoms with Crippen molar-refractivity contribution in [3.63, 3.8) is 0 Å². The minimum atomic E-state index is -4.48.